The molecule has 0 bridgehead atoms. The van der Waals surface area contributed by atoms with Crippen LogP contribution in [0.25, 0.3) is 0 Å². The molecular weight excluding hydrogens is 289 g/mol. The quantitative estimate of drug-likeness (QED) is 0.648. The molecule has 0 fully saturated rings. The molecule has 0 aliphatic heterocycles. The molecule has 1 rings (SSSR count). The van der Waals surface area contributed by atoms with Crippen LogP contribution in [0.3, 0.4) is 0 Å². The lowest BCUT2D eigenvalue weighted by molar-refractivity contribution is 0.580. The van der Waals surface area contributed by atoms with E-state index in [2.05, 4.69) is 4.72 Å². The number of nitrogens with one attached hydrogen (secondary N) is 1. The maximum atomic E-state index is 11.8. The molecule has 0 saturated carbocycles. The van der Waals surface area contributed by atoms with Crippen molar-refractivity contribution in [3.8, 4) is 0 Å². The van der Waals surface area contributed by atoms with Crippen molar-refractivity contribution in [1.29, 1.82) is 0 Å². The zero-order chi connectivity index (χ0) is 12.2. The van der Waals surface area contributed by atoms with Crippen LogP contribution in [0.15, 0.2) is 10.3 Å². The predicted octanol–water partition coefficient (Wildman–Crippen LogP) is 3.01. The third-order valence-electron chi connectivity index (χ3n) is 1.95. The highest BCUT2D eigenvalue weighted by atomic mass is 35.5. The van der Waals surface area contributed by atoms with E-state index >= 15 is 0 Å². The van der Waals surface area contributed by atoms with Gasteiger partial charge in [-0.2, -0.15) is 0 Å². The molecule has 92 valence electrons. The largest absolute Gasteiger partial charge is 0.250 e. The second-order valence-corrected chi connectivity index (χ2v) is 7.34. The SMILES string of the molecule is Cc1cc(S(=O)(=O)NCCCCCl)sc1Cl. The van der Waals surface area contributed by atoms with Gasteiger partial charge >= 0.3 is 0 Å². The number of hydrogen-bond donors (Lipinski definition) is 1. The summed E-state index contributed by atoms with van der Waals surface area (Å²) < 4.78 is 26.8. The number of hydrogen-bond acceptors (Lipinski definition) is 3. The maximum Gasteiger partial charge on any atom is 0.250 e. The van der Waals surface area contributed by atoms with Crippen molar-refractivity contribution in [2.24, 2.45) is 0 Å². The highest BCUT2D eigenvalue weighted by molar-refractivity contribution is 7.91. The van der Waals surface area contributed by atoms with Crippen LogP contribution in [0.2, 0.25) is 4.34 Å². The van der Waals surface area contributed by atoms with Crippen molar-refractivity contribution in [3.05, 3.63) is 16.0 Å². The lowest BCUT2D eigenvalue weighted by Gasteiger charge is -2.03. The van der Waals surface area contributed by atoms with E-state index in [9.17, 15) is 8.42 Å². The summed E-state index contributed by atoms with van der Waals surface area (Å²) in [5.41, 5.74) is 0.785. The van der Waals surface area contributed by atoms with Gasteiger partial charge < -0.3 is 0 Å². The fourth-order valence-electron chi connectivity index (χ4n) is 1.06. The Bertz CT molecular complexity index is 423. The lowest BCUT2D eigenvalue weighted by Crippen LogP contribution is -2.24. The average Bonchev–Trinajstić information content (AvgIpc) is 2.55. The van der Waals surface area contributed by atoms with Gasteiger partial charge in [-0.15, -0.1) is 22.9 Å². The Balaban J connectivity index is 2.64. The molecule has 1 aromatic heterocycles. The van der Waals surface area contributed by atoms with Crippen LogP contribution < -0.4 is 4.72 Å². The smallest absolute Gasteiger partial charge is 0.210 e. The number of aryl methyl sites for hydroxylation is 1. The Labute approximate surface area is 110 Å². The molecule has 0 amide bonds. The monoisotopic (exact) mass is 301 g/mol. The third-order valence-corrected chi connectivity index (χ3v) is 5.71. The van der Waals surface area contributed by atoms with Crippen molar-refractivity contribution < 1.29 is 8.42 Å². The van der Waals surface area contributed by atoms with E-state index in [1.807, 2.05) is 0 Å². The standard InChI is InChI=1S/C9H13Cl2NO2S2/c1-7-6-8(15-9(7)11)16(13,14)12-5-3-2-4-10/h6,12H,2-5H2,1H3. The van der Waals surface area contributed by atoms with Crippen molar-refractivity contribution in [2.75, 3.05) is 12.4 Å². The molecule has 1 heterocycles. The van der Waals surface area contributed by atoms with Crippen molar-refractivity contribution in [1.82, 2.24) is 4.72 Å². The van der Waals surface area contributed by atoms with Crippen molar-refractivity contribution in [3.63, 3.8) is 0 Å². The van der Waals surface area contributed by atoms with Crippen molar-refractivity contribution in [2.45, 2.75) is 24.0 Å². The zero-order valence-electron chi connectivity index (χ0n) is 8.79. The summed E-state index contributed by atoms with van der Waals surface area (Å²) in [6.07, 6.45) is 1.54. The van der Waals surface area contributed by atoms with Crippen LogP contribution in [0.1, 0.15) is 18.4 Å². The maximum absolute atomic E-state index is 11.8. The Hall–Kier alpha value is 0.190. The number of halogens is 2. The first kappa shape index (κ1) is 14.3. The molecule has 0 unspecified atom stereocenters. The second-order valence-electron chi connectivity index (χ2n) is 3.32. The van der Waals surface area contributed by atoms with E-state index < -0.39 is 10.0 Å². The van der Waals surface area contributed by atoms with Gasteiger partial charge in [0.2, 0.25) is 10.0 Å². The molecule has 0 atom stereocenters. The molecule has 7 heteroatoms. The van der Waals surface area contributed by atoms with Crippen LogP contribution in [0.4, 0.5) is 0 Å². The van der Waals surface area contributed by atoms with Gasteiger partial charge in [0, 0.05) is 12.4 Å². The van der Waals surface area contributed by atoms with E-state index in [-0.39, 0.29) is 4.21 Å². The molecule has 3 nitrogen and oxygen atoms in total. The first-order valence-electron chi connectivity index (χ1n) is 4.79. The minimum atomic E-state index is -3.40. The number of alkyl halides is 1. The van der Waals surface area contributed by atoms with E-state index in [0.29, 0.717) is 16.8 Å². The minimum absolute atomic E-state index is 0.265. The minimum Gasteiger partial charge on any atom is -0.210 e. The van der Waals surface area contributed by atoms with Gasteiger partial charge in [0.05, 0.1) is 4.34 Å². The lowest BCUT2D eigenvalue weighted by atomic mass is 10.3. The van der Waals surface area contributed by atoms with Crippen molar-refractivity contribution >= 4 is 44.6 Å². The number of thiophene rings is 1. The highest BCUT2D eigenvalue weighted by Crippen LogP contribution is 2.29. The summed E-state index contributed by atoms with van der Waals surface area (Å²) in [5.74, 6) is 0.547. The molecule has 16 heavy (non-hydrogen) atoms. The summed E-state index contributed by atoms with van der Waals surface area (Å²) in [5, 5.41) is 0. The van der Waals surface area contributed by atoms with E-state index in [4.69, 9.17) is 23.2 Å². The summed E-state index contributed by atoms with van der Waals surface area (Å²) in [7, 11) is -3.40. The predicted molar refractivity (Wildman–Crippen MR) is 69.2 cm³/mol. The molecule has 1 N–H and O–H groups in total. The Morgan fingerprint density at radius 2 is 2.12 bits per heavy atom. The van der Waals surface area contributed by atoms with Gasteiger partial charge in [-0.3, -0.25) is 0 Å². The second kappa shape index (κ2) is 6.21. The fourth-order valence-corrected chi connectivity index (χ4v) is 4.08. The summed E-state index contributed by atoms with van der Waals surface area (Å²) in [6.45, 7) is 2.19. The molecule has 0 aliphatic carbocycles. The van der Waals surface area contributed by atoms with E-state index in [1.54, 1.807) is 13.0 Å². The van der Waals surface area contributed by atoms with Crippen LogP contribution in [0.5, 0.6) is 0 Å². The van der Waals surface area contributed by atoms with E-state index in [1.165, 1.54) is 0 Å². The van der Waals surface area contributed by atoms with Gasteiger partial charge in [0.25, 0.3) is 0 Å². The first-order chi connectivity index (χ1) is 7.47. The Morgan fingerprint density at radius 3 is 2.62 bits per heavy atom. The number of sulfonamides is 1. The van der Waals surface area contributed by atoms with Gasteiger partial charge in [0.1, 0.15) is 4.21 Å². The van der Waals surface area contributed by atoms with E-state index in [0.717, 1.165) is 29.7 Å². The highest BCUT2D eigenvalue weighted by Gasteiger charge is 2.17. The topological polar surface area (TPSA) is 46.2 Å². The molecule has 0 aliphatic rings. The molecular formula is C9H13Cl2NO2S2. The van der Waals surface area contributed by atoms with Gasteiger partial charge in [0.15, 0.2) is 0 Å². The average molecular weight is 302 g/mol. The number of rotatable bonds is 6. The summed E-state index contributed by atoms with van der Waals surface area (Å²) in [4.78, 5) is 0. The molecule has 0 aromatic carbocycles. The van der Waals surface area contributed by atoms with Crippen LogP contribution in [-0.2, 0) is 10.0 Å². The molecule has 0 radical (unpaired) electrons. The Morgan fingerprint density at radius 1 is 1.44 bits per heavy atom. The molecule has 0 spiro atoms. The Kier molecular flexibility index (Phi) is 5.53. The molecule has 0 saturated heterocycles. The van der Waals surface area contributed by atoms with Gasteiger partial charge in [-0.25, -0.2) is 13.1 Å². The zero-order valence-corrected chi connectivity index (χ0v) is 11.9. The van der Waals surface area contributed by atoms with Gasteiger partial charge in [-0.05, 0) is 31.4 Å². The van der Waals surface area contributed by atoms with Gasteiger partial charge in [-0.1, -0.05) is 11.6 Å². The summed E-state index contributed by atoms with van der Waals surface area (Å²) >= 11 is 12.4. The molecule has 1 aromatic rings. The van der Waals surface area contributed by atoms with Crippen LogP contribution >= 0.6 is 34.5 Å². The fraction of sp³-hybridized carbons (Fsp3) is 0.556. The van der Waals surface area contributed by atoms with Crippen LogP contribution in [0, 0.1) is 6.92 Å². The summed E-state index contributed by atoms with van der Waals surface area (Å²) in [6, 6.07) is 1.58. The van der Waals surface area contributed by atoms with Crippen LogP contribution in [-0.4, -0.2) is 20.8 Å². The third kappa shape index (κ3) is 3.89. The first-order valence-corrected chi connectivity index (χ1v) is 8.00. The normalized spacial score (nSPS) is 11.9. The number of unbranched alkanes of at least 4 members (excludes halogenated alkanes) is 1.